The molecular weight excluding hydrogens is 286 g/mol. The number of hydrogen-bond donors (Lipinski definition) is 2. The molecule has 1 aliphatic heterocycles. The first kappa shape index (κ1) is 15.4. The number of amides is 2. The maximum atomic E-state index is 11.9. The van der Waals surface area contributed by atoms with Gasteiger partial charge in [-0.2, -0.15) is 0 Å². The standard InChI is InChI=1S/C15H19N3O2S/c1-10-8-14(20)18(9-10)7-6-13(19)17-12-4-2-11(3-5-12)15(16)21/h2-5,10H,6-9H2,1H3,(H2,16,21)(H,17,19). The lowest BCUT2D eigenvalue weighted by Gasteiger charge is -2.15. The minimum absolute atomic E-state index is 0.106. The van der Waals surface area contributed by atoms with Gasteiger partial charge >= 0.3 is 0 Å². The maximum absolute atomic E-state index is 11.9. The fourth-order valence-corrected chi connectivity index (χ4v) is 2.50. The highest BCUT2D eigenvalue weighted by molar-refractivity contribution is 7.80. The van der Waals surface area contributed by atoms with E-state index in [1.165, 1.54) is 0 Å². The lowest BCUT2D eigenvalue weighted by molar-refractivity contribution is -0.128. The smallest absolute Gasteiger partial charge is 0.226 e. The average Bonchev–Trinajstić information content (AvgIpc) is 2.75. The fourth-order valence-electron chi connectivity index (χ4n) is 2.36. The molecule has 0 saturated carbocycles. The van der Waals surface area contributed by atoms with Gasteiger partial charge in [0.2, 0.25) is 11.8 Å². The van der Waals surface area contributed by atoms with Gasteiger partial charge in [0.15, 0.2) is 0 Å². The van der Waals surface area contributed by atoms with E-state index in [-0.39, 0.29) is 11.8 Å². The first-order valence-electron chi connectivity index (χ1n) is 6.93. The Morgan fingerprint density at radius 3 is 2.62 bits per heavy atom. The molecule has 1 saturated heterocycles. The van der Waals surface area contributed by atoms with Crippen LogP contribution in [0, 0.1) is 5.92 Å². The maximum Gasteiger partial charge on any atom is 0.226 e. The highest BCUT2D eigenvalue weighted by Crippen LogP contribution is 2.17. The van der Waals surface area contributed by atoms with Crippen LogP contribution in [0.15, 0.2) is 24.3 Å². The topological polar surface area (TPSA) is 75.4 Å². The summed E-state index contributed by atoms with van der Waals surface area (Å²) >= 11 is 4.87. The van der Waals surface area contributed by atoms with E-state index >= 15 is 0 Å². The van der Waals surface area contributed by atoms with Crippen molar-refractivity contribution in [2.45, 2.75) is 19.8 Å². The molecule has 5 nitrogen and oxygen atoms in total. The number of nitrogens with zero attached hydrogens (tertiary/aromatic N) is 1. The third-order valence-electron chi connectivity index (χ3n) is 3.47. The number of likely N-dealkylation sites (tertiary alicyclic amines) is 1. The number of carbonyl (C=O) groups excluding carboxylic acids is 2. The highest BCUT2D eigenvalue weighted by Gasteiger charge is 2.26. The number of nitrogens with two attached hydrogens (primary N) is 1. The molecule has 3 N–H and O–H groups in total. The van der Waals surface area contributed by atoms with Crippen molar-refractivity contribution in [1.29, 1.82) is 0 Å². The lowest BCUT2D eigenvalue weighted by Crippen LogP contribution is -2.29. The largest absolute Gasteiger partial charge is 0.389 e. The Kier molecular flexibility index (Phi) is 4.90. The molecule has 1 fully saturated rings. The number of carbonyl (C=O) groups is 2. The predicted octanol–water partition coefficient (Wildman–Crippen LogP) is 1.52. The Morgan fingerprint density at radius 1 is 1.43 bits per heavy atom. The zero-order valence-electron chi connectivity index (χ0n) is 12.0. The first-order chi connectivity index (χ1) is 9.95. The van der Waals surface area contributed by atoms with Crippen molar-refractivity contribution in [2.24, 2.45) is 11.7 Å². The van der Waals surface area contributed by atoms with E-state index in [4.69, 9.17) is 18.0 Å². The lowest BCUT2D eigenvalue weighted by atomic mass is 10.2. The highest BCUT2D eigenvalue weighted by atomic mass is 32.1. The summed E-state index contributed by atoms with van der Waals surface area (Å²) in [4.78, 5) is 25.6. The molecule has 1 heterocycles. The van der Waals surface area contributed by atoms with Gasteiger partial charge in [-0.15, -0.1) is 0 Å². The summed E-state index contributed by atoms with van der Waals surface area (Å²) in [5, 5.41) is 2.80. The molecule has 2 rings (SSSR count). The van der Waals surface area contributed by atoms with Crippen LogP contribution in [0.4, 0.5) is 5.69 Å². The summed E-state index contributed by atoms with van der Waals surface area (Å²) < 4.78 is 0. The minimum Gasteiger partial charge on any atom is -0.389 e. The molecule has 0 radical (unpaired) electrons. The van der Waals surface area contributed by atoms with E-state index in [1.807, 2.05) is 6.92 Å². The summed E-state index contributed by atoms with van der Waals surface area (Å²) in [6.07, 6.45) is 0.887. The third kappa shape index (κ3) is 4.26. The van der Waals surface area contributed by atoms with Crippen LogP contribution in [0.1, 0.15) is 25.3 Å². The monoisotopic (exact) mass is 305 g/mol. The van der Waals surface area contributed by atoms with Crippen molar-refractivity contribution in [3.05, 3.63) is 29.8 Å². The van der Waals surface area contributed by atoms with Gasteiger partial charge in [-0.1, -0.05) is 19.1 Å². The SMILES string of the molecule is CC1CC(=O)N(CCC(=O)Nc2ccc(C(N)=S)cc2)C1. The van der Waals surface area contributed by atoms with Gasteiger partial charge in [0, 0.05) is 37.2 Å². The molecule has 0 aromatic heterocycles. The average molecular weight is 305 g/mol. The van der Waals surface area contributed by atoms with Crippen molar-refractivity contribution < 1.29 is 9.59 Å². The molecule has 21 heavy (non-hydrogen) atoms. The number of benzene rings is 1. The van der Waals surface area contributed by atoms with Gasteiger partial charge in [0.25, 0.3) is 0 Å². The van der Waals surface area contributed by atoms with Crippen LogP contribution in [-0.4, -0.2) is 34.8 Å². The zero-order valence-corrected chi connectivity index (χ0v) is 12.8. The molecule has 1 aromatic carbocycles. The summed E-state index contributed by atoms with van der Waals surface area (Å²) in [6.45, 7) is 3.26. The summed E-state index contributed by atoms with van der Waals surface area (Å²) in [5.41, 5.74) is 6.97. The van der Waals surface area contributed by atoms with Crippen molar-refractivity contribution in [3.63, 3.8) is 0 Å². The quantitative estimate of drug-likeness (QED) is 0.809. The second-order valence-corrected chi connectivity index (χ2v) is 5.83. The third-order valence-corrected chi connectivity index (χ3v) is 3.71. The van der Waals surface area contributed by atoms with Crippen LogP contribution in [-0.2, 0) is 9.59 Å². The molecule has 1 aromatic rings. The van der Waals surface area contributed by atoms with E-state index in [2.05, 4.69) is 5.32 Å². The van der Waals surface area contributed by atoms with Crippen molar-refractivity contribution in [3.8, 4) is 0 Å². The van der Waals surface area contributed by atoms with Gasteiger partial charge in [-0.3, -0.25) is 9.59 Å². The van der Waals surface area contributed by atoms with Gasteiger partial charge in [-0.05, 0) is 30.2 Å². The van der Waals surface area contributed by atoms with Crippen LogP contribution in [0.25, 0.3) is 0 Å². The van der Waals surface area contributed by atoms with E-state index in [0.717, 1.165) is 12.1 Å². The fraction of sp³-hybridized carbons (Fsp3) is 0.400. The molecule has 0 spiro atoms. The predicted molar refractivity (Wildman–Crippen MR) is 85.9 cm³/mol. The molecule has 0 aliphatic carbocycles. The number of hydrogen-bond acceptors (Lipinski definition) is 3. The van der Waals surface area contributed by atoms with E-state index in [0.29, 0.717) is 36.0 Å². The van der Waals surface area contributed by atoms with Crippen LogP contribution < -0.4 is 11.1 Å². The van der Waals surface area contributed by atoms with Crippen LogP contribution in [0.3, 0.4) is 0 Å². The Balaban J connectivity index is 1.82. The zero-order chi connectivity index (χ0) is 15.4. The van der Waals surface area contributed by atoms with Gasteiger partial charge < -0.3 is 16.0 Å². The van der Waals surface area contributed by atoms with Crippen molar-refractivity contribution in [1.82, 2.24) is 4.90 Å². The normalized spacial score (nSPS) is 17.9. The second-order valence-electron chi connectivity index (χ2n) is 5.39. The van der Waals surface area contributed by atoms with E-state index in [1.54, 1.807) is 29.2 Å². The second kappa shape index (κ2) is 6.67. The summed E-state index contributed by atoms with van der Waals surface area (Å²) in [5.74, 6) is 0.412. The van der Waals surface area contributed by atoms with Gasteiger partial charge in [-0.25, -0.2) is 0 Å². The molecule has 1 aliphatic rings. The number of rotatable bonds is 5. The molecule has 6 heteroatoms. The van der Waals surface area contributed by atoms with E-state index in [9.17, 15) is 9.59 Å². The van der Waals surface area contributed by atoms with Crippen LogP contribution in [0.2, 0.25) is 0 Å². The Bertz CT molecular complexity index is 557. The molecule has 2 amide bonds. The Hall–Kier alpha value is -1.95. The van der Waals surface area contributed by atoms with E-state index < -0.39 is 0 Å². The summed E-state index contributed by atoms with van der Waals surface area (Å²) in [6, 6.07) is 7.05. The molecule has 1 unspecified atom stereocenters. The minimum atomic E-state index is -0.106. The van der Waals surface area contributed by atoms with Gasteiger partial charge in [0.1, 0.15) is 4.99 Å². The molecule has 112 valence electrons. The van der Waals surface area contributed by atoms with Crippen molar-refractivity contribution in [2.75, 3.05) is 18.4 Å². The Labute approximate surface area is 129 Å². The van der Waals surface area contributed by atoms with Crippen LogP contribution >= 0.6 is 12.2 Å². The van der Waals surface area contributed by atoms with Crippen LogP contribution in [0.5, 0.6) is 0 Å². The number of anilines is 1. The van der Waals surface area contributed by atoms with Gasteiger partial charge in [0.05, 0.1) is 0 Å². The summed E-state index contributed by atoms with van der Waals surface area (Å²) in [7, 11) is 0. The first-order valence-corrected chi connectivity index (χ1v) is 7.34. The molecular formula is C15H19N3O2S. The number of thiocarbonyl (C=S) groups is 1. The molecule has 1 atom stereocenters. The Morgan fingerprint density at radius 2 is 2.10 bits per heavy atom. The number of nitrogens with one attached hydrogen (secondary N) is 1. The molecule has 0 bridgehead atoms. The van der Waals surface area contributed by atoms with Crippen molar-refractivity contribution >= 4 is 34.7 Å².